The lowest BCUT2D eigenvalue weighted by molar-refractivity contribution is -0.138. The summed E-state index contributed by atoms with van der Waals surface area (Å²) < 4.78 is 0. The number of carbonyl (C=O) groups excluding carboxylic acids is 2. The van der Waals surface area contributed by atoms with Gasteiger partial charge in [-0.15, -0.1) is 11.3 Å². The van der Waals surface area contributed by atoms with Gasteiger partial charge >= 0.3 is 11.9 Å². The number of benzene rings is 2. The van der Waals surface area contributed by atoms with E-state index in [1.807, 2.05) is 42.5 Å². The first-order chi connectivity index (χ1) is 19.1. The molecule has 0 unspecified atom stereocenters. The van der Waals surface area contributed by atoms with Gasteiger partial charge in [0, 0.05) is 29.8 Å². The minimum atomic E-state index is -1.09. The van der Waals surface area contributed by atoms with Crippen LogP contribution in [0.4, 0.5) is 0 Å². The van der Waals surface area contributed by atoms with Gasteiger partial charge < -0.3 is 26.6 Å². The highest BCUT2D eigenvalue weighted by molar-refractivity contribution is 7.14. The maximum absolute atomic E-state index is 12.7. The maximum atomic E-state index is 12.7. The highest BCUT2D eigenvalue weighted by Crippen LogP contribution is 2.32. The van der Waals surface area contributed by atoms with Gasteiger partial charge in [0.25, 0.3) is 0 Å². The fourth-order valence-corrected chi connectivity index (χ4v) is 5.03. The zero-order valence-electron chi connectivity index (χ0n) is 22.0. The van der Waals surface area contributed by atoms with Crippen molar-refractivity contribution in [3.8, 4) is 21.6 Å². The van der Waals surface area contributed by atoms with E-state index in [-0.39, 0.29) is 43.7 Å². The molecule has 9 nitrogen and oxygen atoms in total. The number of carboxylic acids is 2. The summed E-state index contributed by atoms with van der Waals surface area (Å²) in [4.78, 5) is 47.6. The quantitative estimate of drug-likeness (QED) is 0.175. The van der Waals surface area contributed by atoms with Gasteiger partial charge in [0.15, 0.2) is 0 Å². The van der Waals surface area contributed by atoms with Crippen molar-refractivity contribution >= 4 is 35.1 Å². The van der Waals surface area contributed by atoms with E-state index < -0.39 is 29.9 Å². The fraction of sp³-hybridized carbons (Fsp3) is 0.267. The van der Waals surface area contributed by atoms with Crippen LogP contribution in [0.2, 0.25) is 0 Å². The predicted octanol–water partition coefficient (Wildman–Crippen LogP) is 4.19. The number of rotatable bonds is 16. The third kappa shape index (κ3) is 9.39. The molecule has 10 heteroatoms. The molecule has 0 aliphatic heterocycles. The number of hydrogen-bond acceptors (Lipinski definition) is 6. The molecule has 3 rings (SSSR count). The lowest BCUT2D eigenvalue weighted by Crippen LogP contribution is -2.47. The number of primary amides is 1. The standard InChI is InChI=1S/C30H33N3O6S/c1-19(32-25(30(31)39)13-16-29(37)38)24(12-15-28(35)36)33-27(34)14-9-20-7-10-22(11-8-20)26-17-23(18-40-26)21-5-3-2-4-6-21/h2-8,10-11,17-18,24-25,32H,1,9,12-16H2,(H2,31,39)(H,33,34)(H,35,36)(H,37,38)/t24-,25+/m0/s1. The number of amides is 2. The summed E-state index contributed by atoms with van der Waals surface area (Å²) in [6.45, 7) is 3.84. The Hall–Kier alpha value is -4.44. The first kappa shape index (κ1) is 30.1. The van der Waals surface area contributed by atoms with Gasteiger partial charge in [-0.25, -0.2) is 0 Å². The van der Waals surface area contributed by atoms with Crippen LogP contribution in [0.1, 0.15) is 37.7 Å². The van der Waals surface area contributed by atoms with Crippen molar-refractivity contribution in [1.82, 2.24) is 10.6 Å². The zero-order valence-corrected chi connectivity index (χ0v) is 22.8. The molecule has 6 N–H and O–H groups in total. The first-order valence-corrected chi connectivity index (χ1v) is 13.7. The number of nitrogens with one attached hydrogen (secondary N) is 2. The molecule has 1 aromatic heterocycles. The molecule has 40 heavy (non-hydrogen) atoms. The average molecular weight is 564 g/mol. The monoisotopic (exact) mass is 563 g/mol. The van der Waals surface area contributed by atoms with E-state index >= 15 is 0 Å². The number of aryl methyl sites for hydroxylation is 1. The first-order valence-electron chi connectivity index (χ1n) is 12.8. The van der Waals surface area contributed by atoms with Crippen LogP contribution in [-0.2, 0) is 25.6 Å². The highest BCUT2D eigenvalue weighted by Gasteiger charge is 2.23. The smallest absolute Gasteiger partial charge is 0.303 e. The van der Waals surface area contributed by atoms with E-state index in [4.69, 9.17) is 15.9 Å². The number of nitrogens with two attached hydrogens (primary N) is 1. The molecular formula is C30H33N3O6S. The van der Waals surface area contributed by atoms with Crippen molar-refractivity contribution in [3.63, 3.8) is 0 Å². The Kier molecular flexibility index (Phi) is 11.0. The molecule has 0 saturated heterocycles. The number of aliphatic carboxylic acids is 2. The number of carbonyl (C=O) groups is 4. The van der Waals surface area contributed by atoms with Gasteiger partial charge in [-0.3, -0.25) is 19.2 Å². The van der Waals surface area contributed by atoms with Crippen LogP contribution < -0.4 is 16.4 Å². The molecule has 0 radical (unpaired) electrons. The van der Waals surface area contributed by atoms with Crippen molar-refractivity contribution in [1.29, 1.82) is 0 Å². The van der Waals surface area contributed by atoms with Crippen LogP contribution in [0, 0.1) is 0 Å². The number of carboxylic acid groups (broad SMARTS) is 2. The number of thiophene rings is 1. The van der Waals surface area contributed by atoms with Gasteiger partial charge in [-0.05, 0) is 53.0 Å². The van der Waals surface area contributed by atoms with E-state index in [9.17, 15) is 19.2 Å². The summed E-state index contributed by atoms with van der Waals surface area (Å²) in [6, 6.07) is 18.5. The molecule has 0 fully saturated rings. The van der Waals surface area contributed by atoms with Crippen LogP contribution in [-0.4, -0.2) is 46.0 Å². The molecule has 1 heterocycles. The Morgan fingerprint density at radius 1 is 0.800 bits per heavy atom. The highest BCUT2D eigenvalue weighted by atomic mass is 32.1. The molecule has 210 valence electrons. The van der Waals surface area contributed by atoms with Gasteiger partial charge in [0.2, 0.25) is 11.8 Å². The lowest BCUT2D eigenvalue weighted by Gasteiger charge is -2.25. The topological polar surface area (TPSA) is 159 Å². The van der Waals surface area contributed by atoms with Crippen LogP contribution in [0.15, 0.2) is 78.3 Å². The Morgan fingerprint density at radius 3 is 2.02 bits per heavy atom. The SMILES string of the molecule is C=C(N[C@H](CCC(=O)O)C(N)=O)[C@H](CCC(=O)O)NC(=O)CCc1ccc(-c2cc(-c3ccccc3)cs2)cc1. The van der Waals surface area contributed by atoms with Crippen molar-refractivity contribution in [3.05, 3.63) is 83.9 Å². The van der Waals surface area contributed by atoms with E-state index in [2.05, 4.69) is 40.8 Å². The maximum Gasteiger partial charge on any atom is 0.303 e. The molecule has 0 aliphatic rings. The van der Waals surface area contributed by atoms with Gasteiger partial charge in [0.05, 0.1) is 6.04 Å². The van der Waals surface area contributed by atoms with Crippen molar-refractivity contribution < 1.29 is 29.4 Å². The van der Waals surface area contributed by atoms with E-state index in [0.717, 1.165) is 21.6 Å². The van der Waals surface area contributed by atoms with E-state index in [1.165, 1.54) is 5.56 Å². The van der Waals surface area contributed by atoms with Crippen molar-refractivity contribution in [2.24, 2.45) is 5.73 Å². The molecule has 2 aromatic carbocycles. The summed E-state index contributed by atoms with van der Waals surface area (Å²) in [5.74, 6) is -3.22. The lowest BCUT2D eigenvalue weighted by atomic mass is 10.0. The second kappa shape index (κ2) is 14.6. The molecule has 0 aliphatic carbocycles. The normalized spacial score (nSPS) is 12.2. The van der Waals surface area contributed by atoms with E-state index in [0.29, 0.717) is 6.42 Å². The predicted molar refractivity (Wildman–Crippen MR) is 154 cm³/mol. The summed E-state index contributed by atoms with van der Waals surface area (Å²) in [5.41, 5.74) is 9.95. The molecule has 0 saturated carbocycles. The molecular weight excluding hydrogens is 530 g/mol. The van der Waals surface area contributed by atoms with Crippen LogP contribution in [0.25, 0.3) is 21.6 Å². The van der Waals surface area contributed by atoms with Crippen LogP contribution >= 0.6 is 11.3 Å². The van der Waals surface area contributed by atoms with Crippen molar-refractivity contribution in [2.45, 2.75) is 50.6 Å². The minimum absolute atomic E-state index is 0.0395. The Balaban J connectivity index is 1.57. The molecule has 2 amide bonds. The summed E-state index contributed by atoms with van der Waals surface area (Å²) >= 11 is 1.67. The van der Waals surface area contributed by atoms with Gasteiger partial charge in [-0.1, -0.05) is 61.2 Å². The van der Waals surface area contributed by atoms with Gasteiger partial charge in [-0.2, -0.15) is 0 Å². The molecule has 0 spiro atoms. The second-order valence-corrected chi connectivity index (χ2v) is 10.3. The Morgan fingerprint density at radius 2 is 1.43 bits per heavy atom. The zero-order chi connectivity index (χ0) is 29.1. The minimum Gasteiger partial charge on any atom is -0.481 e. The summed E-state index contributed by atoms with van der Waals surface area (Å²) in [5, 5.41) is 25.7. The Labute approximate surface area is 236 Å². The second-order valence-electron chi connectivity index (χ2n) is 9.37. The summed E-state index contributed by atoms with van der Waals surface area (Å²) in [6.07, 6.45) is 0.0688. The van der Waals surface area contributed by atoms with Crippen LogP contribution in [0.5, 0.6) is 0 Å². The molecule has 0 bridgehead atoms. The fourth-order valence-electron chi connectivity index (χ4n) is 4.11. The van der Waals surface area contributed by atoms with E-state index in [1.54, 1.807) is 11.3 Å². The Bertz CT molecular complexity index is 1340. The molecule has 2 atom stereocenters. The van der Waals surface area contributed by atoms with Crippen LogP contribution in [0.3, 0.4) is 0 Å². The van der Waals surface area contributed by atoms with Gasteiger partial charge in [0.1, 0.15) is 6.04 Å². The largest absolute Gasteiger partial charge is 0.481 e. The summed E-state index contributed by atoms with van der Waals surface area (Å²) in [7, 11) is 0. The van der Waals surface area contributed by atoms with Crippen molar-refractivity contribution in [2.75, 3.05) is 0 Å². The molecule has 3 aromatic rings. The third-order valence-corrected chi connectivity index (χ3v) is 7.32. The average Bonchev–Trinajstić information content (AvgIpc) is 3.43. The number of hydrogen-bond donors (Lipinski definition) is 5. The third-order valence-electron chi connectivity index (χ3n) is 6.34.